The van der Waals surface area contributed by atoms with Crippen molar-refractivity contribution < 1.29 is 4.39 Å². The molecule has 19 heavy (non-hydrogen) atoms. The largest absolute Gasteiger partial charge is 0.319 e. The lowest BCUT2D eigenvalue weighted by Gasteiger charge is -2.17. The topological polar surface area (TPSA) is 12.0 Å². The number of nitrogens with one attached hydrogen (secondary N) is 1. The standard InChI is InChI=1S/C16H17ClFN/c1-19-11-14(12-6-3-2-4-7-12)10-13-8-5-9-15(17)16(13)18/h2-9,14,19H,10-11H2,1H3. The van der Waals surface area contributed by atoms with E-state index >= 15 is 0 Å². The summed E-state index contributed by atoms with van der Waals surface area (Å²) in [5, 5.41) is 3.35. The van der Waals surface area contributed by atoms with Crippen LogP contribution in [0.2, 0.25) is 5.02 Å². The summed E-state index contributed by atoms with van der Waals surface area (Å²) in [6.07, 6.45) is 0.636. The van der Waals surface area contributed by atoms with Gasteiger partial charge in [0.1, 0.15) is 5.82 Å². The maximum Gasteiger partial charge on any atom is 0.144 e. The molecule has 1 nitrogen and oxygen atoms in total. The molecule has 0 amide bonds. The van der Waals surface area contributed by atoms with Gasteiger partial charge in [0, 0.05) is 12.5 Å². The van der Waals surface area contributed by atoms with Crippen molar-refractivity contribution in [3.05, 3.63) is 70.5 Å². The number of hydrogen-bond acceptors (Lipinski definition) is 1. The number of benzene rings is 2. The Bertz CT molecular complexity index is 528. The second-order valence-electron chi connectivity index (χ2n) is 4.58. The van der Waals surface area contributed by atoms with Gasteiger partial charge >= 0.3 is 0 Å². The van der Waals surface area contributed by atoms with Gasteiger partial charge in [-0.05, 0) is 30.7 Å². The second kappa shape index (κ2) is 6.69. The summed E-state index contributed by atoms with van der Waals surface area (Å²) >= 11 is 5.83. The van der Waals surface area contributed by atoms with Crippen molar-refractivity contribution in [1.29, 1.82) is 0 Å². The third-order valence-corrected chi connectivity index (χ3v) is 3.51. The van der Waals surface area contributed by atoms with E-state index in [1.807, 2.05) is 25.2 Å². The van der Waals surface area contributed by atoms with Gasteiger partial charge in [-0.25, -0.2) is 4.39 Å². The molecule has 1 N–H and O–H groups in total. The van der Waals surface area contributed by atoms with Crippen molar-refractivity contribution in [2.24, 2.45) is 0 Å². The molecule has 2 rings (SSSR count). The molecule has 0 saturated heterocycles. The molecule has 0 aliphatic rings. The molecule has 0 saturated carbocycles. The van der Waals surface area contributed by atoms with Crippen LogP contribution >= 0.6 is 11.6 Å². The summed E-state index contributed by atoms with van der Waals surface area (Å²) < 4.78 is 14.0. The van der Waals surface area contributed by atoms with Crippen LogP contribution in [-0.2, 0) is 6.42 Å². The van der Waals surface area contributed by atoms with E-state index in [0.717, 1.165) is 6.54 Å². The molecule has 1 atom stereocenters. The first-order valence-corrected chi connectivity index (χ1v) is 6.72. The summed E-state index contributed by atoms with van der Waals surface area (Å²) in [5.74, 6) is -0.0691. The molecule has 2 aromatic carbocycles. The highest BCUT2D eigenvalue weighted by molar-refractivity contribution is 6.30. The number of hydrogen-bond donors (Lipinski definition) is 1. The Hall–Kier alpha value is -1.38. The predicted octanol–water partition coefficient (Wildman–Crippen LogP) is 4.02. The van der Waals surface area contributed by atoms with Crippen molar-refractivity contribution in [2.75, 3.05) is 13.6 Å². The fraction of sp³-hybridized carbons (Fsp3) is 0.250. The first-order chi connectivity index (χ1) is 9.22. The Balaban J connectivity index is 2.24. The summed E-state index contributed by atoms with van der Waals surface area (Å²) in [6.45, 7) is 0.802. The van der Waals surface area contributed by atoms with Crippen molar-refractivity contribution in [3.63, 3.8) is 0 Å². The van der Waals surface area contributed by atoms with Crippen LogP contribution in [0.5, 0.6) is 0 Å². The fourth-order valence-corrected chi connectivity index (χ4v) is 2.45. The summed E-state index contributed by atoms with van der Waals surface area (Å²) in [7, 11) is 1.91. The van der Waals surface area contributed by atoms with E-state index in [-0.39, 0.29) is 16.8 Å². The van der Waals surface area contributed by atoms with Crippen molar-refractivity contribution in [2.45, 2.75) is 12.3 Å². The molecule has 1 unspecified atom stereocenters. The lowest BCUT2D eigenvalue weighted by atomic mass is 9.91. The average molecular weight is 278 g/mol. The molecule has 0 heterocycles. The van der Waals surface area contributed by atoms with Crippen molar-refractivity contribution in [1.82, 2.24) is 5.32 Å². The van der Waals surface area contributed by atoms with Gasteiger partial charge in [-0.1, -0.05) is 54.1 Å². The number of halogens is 2. The third-order valence-electron chi connectivity index (χ3n) is 3.22. The predicted molar refractivity (Wildman–Crippen MR) is 78.2 cm³/mol. The minimum atomic E-state index is -0.304. The highest BCUT2D eigenvalue weighted by Crippen LogP contribution is 2.25. The SMILES string of the molecule is CNCC(Cc1cccc(Cl)c1F)c1ccccc1. The Morgan fingerprint density at radius 2 is 1.84 bits per heavy atom. The van der Waals surface area contributed by atoms with Crippen LogP contribution in [0.3, 0.4) is 0 Å². The van der Waals surface area contributed by atoms with Gasteiger partial charge in [0.2, 0.25) is 0 Å². The average Bonchev–Trinajstić information content (AvgIpc) is 2.44. The summed E-state index contributed by atoms with van der Waals surface area (Å²) in [4.78, 5) is 0. The lowest BCUT2D eigenvalue weighted by Crippen LogP contribution is -2.19. The second-order valence-corrected chi connectivity index (χ2v) is 4.99. The maximum atomic E-state index is 14.0. The Labute approximate surface area is 118 Å². The monoisotopic (exact) mass is 277 g/mol. The van der Waals surface area contributed by atoms with Crippen LogP contribution in [0.15, 0.2) is 48.5 Å². The van der Waals surface area contributed by atoms with Crippen molar-refractivity contribution >= 4 is 11.6 Å². The van der Waals surface area contributed by atoms with Gasteiger partial charge in [-0.3, -0.25) is 0 Å². The summed E-state index contributed by atoms with van der Waals surface area (Å²) in [6, 6.07) is 15.3. The molecule has 0 spiro atoms. The van der Waals surface area contributed by atoms with E-state index in [1.54, 1.807) is 18.2 Å². The van der Waals surface area contributed by atoms with E-state index in [4.69, 9.17) is 11.6 Å². The van der Waals surface area contributed by atoms with E-state index in [2.05, 4.69) is 17.4 Å². The van der Waals surface area contributed by atoms with E-state index < -0.39 is 0 Å². The van der Waals surface area contributed by atoms with E-state index in [0.29, 0.717) is 12.0 Å². The highest BCUT2D eigenvalue weighted by atomic mass is 35.5. The Morgan fingerprint density at radius 1 is 1.11 bits per heavy atom. The van der Waals surface area contributed by atoms with Gasteiger partial charge in [0.05, 0.1) is 5.02 Å². The fourth-order valence-electron chi connectivity index (χ4n) is 2.25. The molecular formula is C16H17ClFN. The number of rotatable bonds is 5. The zero-order chi connectivity index (χ0) is 13.7. The van der Waals surface area contributed by atoms with Crippen LogP contribution in [0.4, 0.5) is 4.39 Å². The third kappa shape index (κ3) is 3.55. The molecule has 0 aromatic heterocycles. The highest BCUT2D eigenvalue weighted by Gasteiger charge is 2.15. The molecule has 0 fully saturated rings. The normalized spacial score (nSPS) is 12.4. The van der Waals surface area contributed by atoms with Gasteiger partial charge in [-0.15, -0.1) is 0 Å². The zero-order valence-electron chi connectivity index (χ0n) is 10.9. The van der Waals surface area contributed by atoms with Crippen LogP contribution in [0.1, 0.15) is 17.0 Å². The molecular weight excluding hydrogens is 261 g/mol. The zero-order valence-corrected chi connectivity index (χ0v) is 11.6. The van der Waals surface area contributed by atoms with Gasteiger partial charge in [-0.2, -0.15) is 0 Å². The Kier molecular flexibility index (Phi) is 4.94. The molecule has 0 aliphatic heterocycles. The van der Waals surface area contributed by atoms with E-state index in [1.165, 1.54) is 5.56 Å². The quantitative estimate of drug-likeness (QED) is 0.870. The molecule has 100 valence electrons. The lowest BCUT2D eigenvalue weighted by molar-refractivity contribution is 0.575. The molecule has 0 bridgehead atoms. The van der Waals surface area contributed by atoms with E-state index in [9.17, 15) is 4.39 Å². The molecule has 3 heteroatoms. The van der Waals surface area contributed by atoms with Gasteiger partial charge in [0.15, 0.2) is 0 Å². The smallest absolute Gasteiger partial charge is 0.144 e. The minimum absolute atomic E-state index is 0.189. The first kappa shape index (κ1) is 14.0. The molecule has 0 radical (unpaired) electrons. The molecule has 0 aliphatic carbocycles. The van der Waals surface area contributed by atoms with Crippen LogP contribution in [-0.4, -0.2) is 13.6 Å². The first-order valence-electron chi connectivity index (χ1n) is 6.34. The summed E-state index contributed by atoms with van der Waals surface area (Å²) in [5.41, 5.74) is 1.87. The van der Waals surface area contributed by atoms with Gasteiger partial charge in [0.25, 0.3) is 0 Å². The number of likely N-dealkylation sites (N-methyl/N-ethyl adjacent to an activating group) is 1. The van der Waals surface area contributed by atoms with Crippen LogP contribution in [0.25, 0.3) is 0 Å². The van der Waals surface area contributed by atoms with Crippen LogP contribution < -0.4 is 5.32 Å². The van der Waals surface area contributed by atoms with Gasteiger partial charge < -0.3 is 5.32 Å². The van der Waals surface area contributed by atoms with Crippen molar-refractivity contribution in [3.8, 4) is 0 Å². The Morgan fingerprint density at radius 3 is 2.53 bits per heavy atom. The molecule has 2 aromatic rings. The minimum Gasteiger partial charge on any atom is -0.319 e. The maximum absolute atomic E-state index is 14.0. The van der Waals surface area contributed by atoms with Crippen LogP contribution in [0, 0.1) is 5.82 Å².